The van der Waals surface area contributed by atoms with Crippen LogP contribution < -0.4 is 4.57 Å². The van der Waals surface area contributed by atoms with Crippen LogP contribution in [0.25, 0.3) is 44.8 Å². The van der Waals surface area contributed by atoms with E-state index in [-0.39, 0.29) is 5.75 Å². The number of hydrogen-bond donors (Lipinski definition) is 0. The minimum atomic E-state index is -4.23. The molecular weight excluding hydrogens is 472 g/mol. The Morgan fingerprint density at radius 3 is 1.97 bits per heavy atom. The van der Waals surface area contributed by atoms with Gasteiger partial charge >= 0.3 is 5.65 Å². The first-order valence-electron chi connectivity index (χ1n) is 11.9. The Bertz CT molecular complexity index is 1810. The number of aryl methyl sites for hydroxylation is 1. The molecule has 0 aliphatic rings. The number of fused-ring (bicyclic) bond motifs is 6. The first-order valence-corrected chi connectivity index (χ1v) is 13.5. The topological polar surface area (TPSA) is 82.8 Å². The van der Waals surface area contributed by atoms with E-state index in [9.17, 15) is 13.0 Å². The highest BCUT2D eigenvalue weighted by Gasteiger charge is 2.27. The molecule has 6 rings (SSSR count). The fraction of sp³-hybridized carbons (Fsp3) is 0.143. The number of unbranched alkanes of at least 4 members (excludes halogenated alkanes) is 1. The van der Waals surface area contributed by atoms with Gasteiger partial charge in [-0.25, -0.2) is 18.0 Å². The number of para-hydroxylation sites is 2. The van der Waals surface area contributed by atoms with Crippen molar-refractivity contribution in [3.63, 3.8) is 0 Å². The van der Waals surface area contributed by atoms with Crippen LogP contribution in [0.1, 0.15) is 12.8 Å². The Hall–Kier alpha value is -4.01. The highest BCUT2D eigenvalue weighted by molar-refractivity contribution is 7.85. The number of rotatable bonds is 7. The van der Waals surface area contributed by atoms with Crippen LogP contribution in [0, 0.1) is 0 Å². The van der Waals surface area contributed by atoms with Crippen molar-refractivity contribution in [1.82, 2.24) is 13.8 Å². The van der Waals surface area contributed by atoms with Crippen molar-refractivity contribution in [3.8, 4) is 22.5 Å². The number of aromatic nitrogens is 4. The van der Waals surface area contributed by atoms with Crippen LogP contribution in [0.3, 0.4) is 0 Å². The van der Waals surface area contributed by atoms with Crippen molar-refractivity contribution in [2.24, 2.45) is 0 Å². The van der Waals surface area contributed by atoms with E-state index in [1.165, 1.54) is 0 Å². The van der Waals surface area contributed by atoms with E-state index in [0.29, 0.717) is 19.4 Å². The lowest BCUT2D eigenvalue weighted by molar-refractivity contribution is -0.670. The lowest BCUT2D eigenvalue weighted by Crippen LogP contribution is -2.33. The Balaban J connectivity index is 1.64. The van der Waals surface area contributed by atoms with Crippen molar-refractivity contribution in [3.05, 3.63) is 97.3 Å². The number of nitrogens with zero attached hydrogens (tertiary/aromatic N) is 4. The molecule has 0 N–H and O–H groups in total. The Labute approximate surface area is 208 Å². The van der Waals surface area contributed by atoms with Gasteiger partial charge in [-0.2, -0.15) is 4.40 Å². The van der Waals surface area contributed by atoms with Crippen molar-refractivity contribution in [1.29, 1.82) is 0 Å². The normalized spacial score (nSPS) is 12.1. The summed E-state index contributed by atoms with van der Waals surface area (Å²) < 4.78 is 39.9. The highest BCUT2D eigenvalue weighted by atomic mass is 32.2. The lowest BCUT2D eigenvalue weighted by Gasteiger charge is -2.08. The third-order valence-electron chi connectivity index (χ3n) is 6.51. The predicted molar refractivity (Wildman–Crippen MR) is 139 cm³/mol. The van der Waals surface area contributed by atoms with Crippen LogP contribution in [0.15, 0.2) is 97.3 Å². The van der Waals surface area contributed by atoms with Crippen LogP contribution >= 0.6 is 0 Å². The fourth-order valence-corrected chi connectivity index (χ4v) is 5.49. The Morgan fingerprint density at radius 2 is 1.33 bits per heavy atom. The molecule has 0 fully saturated rings. The van der Waals surface area contributed by atoms with Crippen molar-refractivity contribution < 1.29 is 17.5 Å². The molecule has 180 valence electrons. The summed E-state index contributed by atoms with van der Waals surface area (Å²) in [5.74, 6) is -0.356. The van der Waals surface area contributed by atoms with Crippen LogP contribution in [0.4, 0.5) is 0 Å². The average Bonchev–Trinajstić information content (AvgIpc) is 3.50. The van der Waals surface area contributed by atoms with Gasteiger partial charge in [0.25, 0.3) is 0 Å². The predicted octanol–water partition coefficient (Wildman–Crippen LogP) is 4.69. The minimum absolute atomic E-state index is 0.310. The molecule has 0 atom stereocenters. The molecule has 3 aromatic heterocycles. The zero-order chi connectivity index (χ0) is 24.7. The molecular formula is C28H24N4O3S. The van der Waals surface area contributed by atoms with Gasteiger partial charge in [0.1, 0.15) is 6.20 Å². The molecule has 3 heterocycles. The molecule has 0 saturated carbocycles. The Morgan fingerprint density at radius 1 is 0.750 bits per heavy atom. The number of benzene rings is 3. The monoisotopic (exact) mass is 496 g/mol. The van der Waals surface area contributed by atoms with Gasteiger partial charge in [-0.1, -0.05) is 72.8 Å². The second-order valence-electron chi connectivity index (χ2n) is 8.86. The summed E-state index contributed by atoms with van der Waals surface area (Å²) in [4.78, 5) is 4.88. The summed E-state index contributed by atoms with van der Waals surface area (Å²) in [6.45, 7) is 0.563. The molecule has 0 aliphatic heterocycles. The van der Waals surface area contributed by atoms with E-state index >= 15 is 0 Å². The Kier molecular flexibility index (Phi) is 5.55. The standard InChI is InChI=1S/C28H24N4O3S/c33-36(34,35)18-10-9-17-30-20-26(22-13-5-2-6-14-22)32-24-16-8-7-15-23(24)31-25(19-29-27(31)28(30)32)21-11-3-1-4-12-21/h1-8,11-16,19-20H,9-10,17-18H2. The summed E-state index contributed by atoms with van der Waals surface area (Å²) in [6, 6.07) is 28.7. The molecule has 0 radical (unpaired) electrons. The van der Waals surface area contributed by atoms with Gasteiger partial charge < -0.3 is 4.55 Å². The largest absolute Gasteiger partial charge is 0.748 e. The van der Waals surface area contributed by atoms with Gasteiger partial charge in [0.05, 0.1) is 34.1 Å². The van der Waals surface area contributed by atoms with Crippen molar-refractivity contribution >= 4 is 32.4 Å². The number of imidazole rings is 2. The maximum absolute atomic E-state index is 11.1. The summed E-state index contributed by atoms with van der Waals surface area (Å²) in [7, 11) is -4.23. The van der Waals surface area contributed by atoms with Gasteiger partial charge in [-0.05, 0) is 25.0 Å². The molecule has 0 amide bonds. The molecule has 36 heavy (non-hydrogen) atoms. The van der Waals surface area contributed by atoms with E-state index in [1.807, 2.05) is 54.7 Å². The van der Waals surface area contributed by atoms with Crippen LogP contribution in [-0.4, -0.2) is 32.5 Å². The van der Waals surface area contributed by atoms with E-state index in [0.717, 1.165) is 44.8 Å². The van der Waals surface area contributed by atoms with Gasteiger partial charge in [-0.15, -0.1) is 0 Å². The highest BCUT2D eigenvalue weighted by Crippen LogP contribution is 2.31. The van der Waals surface area contributed by atoms with E-state index in [4.69, 9.17) is 4.98 Å². The third kappa shape index (κ3) is 3.94. The molecule has 0 aliphatic carbocycles. The molecule has 3 aromatic carbocycles. The quantitative estimate of drug-likeness (QED) is 0.182. The molecule has 8 heteroatoms. The van der Waals surface area contributed by atoms with Crippen LogP contribution in [-0.2, 0) is 16.7 Å². The zero-order valence-electron chi connectivity index (χ0n) is 19.5. The van der Waals surface area contributed by atoms with E-state index in [1.54, 1.807) is 0 Å². The molecule has 7 nitrogen and oxygen atoms in total. The molecule has 6 aromatic rings. The average molecular weight is 497 g/mol. The first-order chi connectivity index (χ1) is 17.5. The van der Waals surface area contributed by atoms with Gasteiger partial charge in [0.2, 0.25) is 5.65 Å². The summed E-state index contributed by atoms with van der Waals surface area (Å²) in [5, 5.41) is 0. The van der Waals surface area contributed by atoms with Crippen molar-refractivity contribution in [2.75, 3.05) is 5.75 Å². The summed E-state index contributed by atoms with van der Waals surface area (Å²) in [5.41, 5.74) is 7.95. The van der Waals surface area contributed by atoms with Crippen LogP contribution in [0.2, 0.25) is 0 Å². The molecule has 0 bridgehead atoms. The second kappa shape index (κ2) is 8.89. The molecule has 0 spiro atoms. The van der Waals surface area contributed by atoms with E-state index < -0.39 is 10.1 Å². The first kappa shape index (κ1) is 22.5. The maximum atomic E-state index is 11.1. The SMILES string of the molecule is O=S(=O)([O-])CCCC[n+]1cc(-c2ccccc2)n2c3ccccc3n3c(-c4ccccc4)cnc3c21. The maximum Gasteiger partial charge on any atom is 0.331 e. The molecule has 0 unspecified atom stereocenters. The van der Waals surface area contributed by atoms with Crippen molar-refractivity contribution in [2.45, 2.75) is 19.4 Å². The second-order valence-corrected chi connectivity index (χ2v) is 10.4. The van der Waals surface area contributed by atoms with E-state index in [2.05, 4.69) is 56.0 Å². The summed E-state index contributed by atoms with van der Waals surface area (Å²) in [6.07, 6.45) is 4.87. The minimum Gasteiger partial charge on any atom is -0.748 e. The smallest absolute Gasteiger partial charge is 0.331 e. The molecule has 0 saturated heterocycles. The zero-order valence-corrected chi connectivity index (χ0v) is 20.3. The number of hydrogen-bond acceptors (Lipinski definition) is 4. The van der Waals surface area contributed by atoms with Gasteiger partial charge in [0.15, 0.2) is 11.2 Å². The summed E-state index contributed by atoms with van der Waals surface area (Å²) >= 11 is 0. The van der Waals surface area contributed by atoms with Gasteiger partial charge in [0, 0.05) is 16.9 Å². The lowest BCUT2D eigenvalue weighted by atomic mass is 10.1. The fourth-order valence-electron chi connectivity index (χ4n) is 4.93. The van der Waals surface area contributed by atoms with Crippen LogP contribution in [0.5, 0.6) is 0 Å². The third-order valence-corrected chi connectivity index (χ3v) is 7.30. The van der Waals surface area contributed by atoms with Gasteiger partial charge in [-0.3, -0.25) is 4.40 Å².